The van der Waals surface area contributed by atoms with Crippen molar-refractivity contribution in [2.24, 2.45) is 4.99 Å². The van der Waals surface area contributed by atoms with Gasteiger partial charge in [0.05, 0.1) is 23.8 Å². The second-order valence-electron chi connectivity index (χ2n) is 10.5. The number of amides is 1. The van der Waals surface area contributed by atoms with Crippen molar-refractivity contribution in [1.29, 1.82) is 0 Å². The molecule has 2 aromatic carbocycles. The minimum Gasteiger partial charge on any atom is -0.378 e. The number of nitrogens with zero attached hydrogens (tertiary/aromatic N) is 4. The molecule has 3 heterocycles. The van der Waals surface area contributed by atoms with Crippen LogP contribution in [0.4, 0.5) is 17.1 Å². The molecule has 1 amide bonds. The molecule has 0 bridgehead atoms. The zero-order chi connectivity index (χ0) is 25.4. The van der Waals surface area contributed by atoms with Gasteiger partial charge in [-0.15, -0.1) is 0 Å². The predicted octanol–water partition coefficient (Wildman–Crippen LogP) is 5.87. The molecule has 5 rings (SSSR count). The highest BCUT2D eigenvalue weighted by atomic mass is 32.2. The Hall–Kier alpha value is -2.77. The van der Waals surface area contributed by atoms with Crippen LogP contribution in [0.25, 0.3) is 6.08 Å². The number of carbonyl (C=O) groups is 1. The molecular weight excluding hydrogens is 468 g/mol. The van der Waals surface area contributed by atoms with Crippen LogP contribution in [0.3, 0.4) is 0 Å². The van der Waals surface area contributed by atoms with E-state index in [0.29, 0.717) is 16.0 Å². The van der Waals surface area contributed by atoms with Gasteiger partial charge >= 0.3 is 0 Å². The number of carbonyl (C=O) groups excluding carboxylic acids is 1. The van der Waals surface area contributed by atoms with Crippen LogP contribution in [0, 0.1) is 0 Å². The van der Waals surface area contributed by atoms with Gasteiger partial charge in [0.2, 0.25) is 0 Å². The number of likely N-dealkylation sites (N-methyl/N-ethyl adjacent to an activating group) is 1. The molecule has 0 spiro atoms. The lowest BCUT2D eigenvalue weighted by Crippen LogP contribution is -2.48. The summed E-state index contributed by atoms with van der Waals surface area (Å²) in [7, 11) is 1.80. The van der Waals surface area contributed by atoms with Crippen molar-refractivity contribution in [3.63, 3.8) is 0 Å². The van der Waals surface area contributed by atoms with Gasteiger partial charge in [-0.25, -0.2) is 4.99 Å². The maximum absolute atomic E-state index is 13.0. The Morgan fingerprint density at radius 2 is 1.86 bits per heavy atom. The van der Waals surface area contributed by atoms with Crippen molar-refractivity contribution >= 4 is 46.0 Å². The molecular formula is C29H36N4O2S. The molecule has 3 aliphatic rings. The van der Waals surface area contributed by atoms with Crippen molar-refractivity contribution < 1.29 is 9.53 Å². The first-order chi connectivity index (χ1) is 17.3. The number of hydrogen-bond donors (Lipinski definition) is 0. The van der Waals surface area contributed by atoms with Crippen LogP contribution < -0.4 is 9.80 Å². The van der Waals surface area contributed by atoms with E-state index in [-0.39, 0.29) is 11.4 Å². The van der Waals surface area contributed by atoms with Crippen LogP contribution in [-0.2, 0) is 9.53 Å². The average Bonchev–Trinajstić information content (AvgIpc) is 3.12. The van der Waals surface area contributed by atoms with E-state index in [1.54, 1.807) is 11.9 Å². The zero-order valence-electron chi connectivity index (χ0n) is 22.0. The summed E-state index contributed by atoms with van der Waals surface area (Å²) in [5.74, 6) is 0.467. The highest BCUT2D eigenvalue weighted by Crippen LogP contribution is 2.44. The number of thioether (sulfide) groups is 1. The molecule has 36 heavy (non-hydrogen) atoms. The van der Waals surface area contributed by atoms with Gasteiger partial charge in [-0.05, 0) is 98.5 Å². The van der Waals surface area contributed by atoms with E-state index in [0.717, 1.165) is 50.5 Å². The van der Waals surface area contributed by atoms with Gasteiger partial charge in [0, 0.05) is 43.6 Å². The molecule has 3 aliphatic heterocycles. The first-order valence-electron chi connectivity index (χ1n) is 12.9. The fraction of sp³-hybridized carbons (Fsp3) is 0.448. The van der Waals surface area contributed by atoms with E-state index >= 15 is 0 Å². The van der Waals surface area contributed by atoms with E-state index in [4.69, 9.17) is 9.73 Å². The molecule has 0 radical (unpaired) electrons. The Morgan fingerprint density at radius 3 is 2.56 bits per heavy atom. The van der Waals surface area contributed by atoms with Crippen LogP contribution in [0.5, 0.6) is 0 Å². The van der Waals surface area contributed by atoms with Gasteiger partial charge < -0.3 is 14.5 Å². The number of amidine groups is 1. The van der Waals surface area contributed by atoms with Crippen LogP contribution in [0.2, 0.25) is 0 Å². The number of benzene rings is 2. The third kappa shape index (κ3) is 4.78. The maximum Gasteiger partial charge on any atom is 0.266 e. The van der Waals surface area contributed by atoms with Crippen molar-refractivity contribution in [2.45, 2.75) is 45.6 Å². The molecule has 2 aromatic rings. The molecule has 0 N–H and O–H groups in total. The summed E-state index contributed by atoms with van der Waals surface area (Å²) < 4.78 is 5.45. The molecule has 190 valence electrons. The van der Waals surface area contributed by atoms with E-state index in [1.807, 2.05) is 18.2 Å². The molecule has 0 aliphatic carbocycles. The number of morpholine rings is 1. The fourth-order valence-corrected chi connectivity index (χ4v) is 6.66. The van der Waals surface area contributed by atoms with Crippen molar-refractivity contribution in [3.8, 4) is 0 Å². The average molecular weight is 505 g/mol. The third-order valence-corrected chi connectivity index (χ3v) is 8.54. The summed E-state index contributed by atoms with van der Waals surface area (Å²) in [4.78, 5) is 25.0. The normalized spacial score (nSPS) is 24.1. The number of aliphatic imine (C=N–C) groups is 1. The van der Waals surface area contributed by atoms with Crippen molar-refractivity contribution in [1.82, 2.24) is 4.90 Å². The molecule has 2 saturated heterocycles. The van der Waals surface area contributed by atoms with Crippen LogP contribution in [-0.4, -0.2) is 61.4 Å². The Kier molecular flexibility index (Phi) is 6.88. The van der Waals surface area contributed by atoms with E-state index < -0.39 is 0 Å². The molecule has 6 nitrogen and oxygen atoms in total. The lowest BCUT2D eigenvalue weighted by atomic mass is 9.79. The summed E-state index contributed by atoms with van der Waals surface area (Å²) in [6.45, 7) is 13.5. The van der Waals surface area contributed by atoms with Crippen LogP contribution in [0.15, 0.2) is 52.4 Å². The third-order valence-electron chi connectivity index (χ3n) is 7.48. The van der Waals surface area contributed by atoms with E-state index in [2.05, 4.69) is 67.8 Å². The molecule has 7 heteroatoms. The van der Waals surface area contributed by atoms with Gasteiger partial charge in [-0.3, -0.25) is 9.69 Å². The van der Waals surface area contributed by atoms with Gasteiger partial charge in [-0.1, -0.05) is 13.0 Å². The SMILES string of the molecule is CCN1c2ccc(/C=C3\SC(=Nc4ccc(N5CCOCC5)cc4)N(C)C3=O)cc2[C@H](C)CC1(C)C. The Balaban J connectivity index is 1.36. The zero-order valence-corrected chi connectivity index (χ0v) is 22.8. The predicted molar refractivity (Wildman–Crippen MR) is 151 cm³/mol. The van der Waals surface area contributed by atoms with Crippen LogP contribution >= 0.6 is 11.8 Å². The molecule has 1 atom stereocenters. The number of anilines is 2. The summed E-state index contributed by atoms with van der Waals surface area (Å²) in [5.41, 5.74) is 5.92. The van der Waals surface area contributed by atoms with Crippen molar-refractivity contribution in [3.05, 3.63) is 58.5 Å². The molecule has 0 unspecified atom stereocenters. The lowest BCUT2D eigenvalue weighted by molar-refractivity contribution is -0.121. The lowest BCUT2D eigenvalue weighted by Gasteiger charge is -2.47. The minimum atomic E-state index is -0.00854. The van der Waals surface area contributed by atoms with Crippen molar-refractivity contribution in [2.75, 3.05) is 49.7 Å². The first-order valence-corrected chi connectivity index (χ1v) is 13.7. The molecule has 0 aromatic heterocycles. The minimum absolute atomic E-state index is 0.00854. The Labute approximate surface area is 219 Å². The first kappa shape index (κ1) is 24.9. The number of hydrogen-bond acceptors (Lipinski definition) is 6. The van der Waals surface area contributed by atoms with Crippen LogP contribution in [0.1, 0.15) is 51.2 Å². The standard InChI is InChI=1S/C29H36N4O2S/c1-6-33-25-12-7-21(17-24(25)20(2)19-29(33,3)4)18-26-27(34)31(5)28(36-26)30-22-8-10-23(11-9-22)32-13-15-35-16-14-32/h7-12,17-18,20H,6,13-16,19H2,1-5H3/b26-18-,30-28?/t20-/m1/s1. The topological polar surface area (TPSA) is 48.4 Å². The number of rotatable bonds is 4. The van der Waals surface area contributed by atoms with E-state index in [1.165, 1.54) is 28.7 Å². The van der Waals surface area contributed by atoms with E-state index in [9.17, 15) is 4.79 Å². The second kappa shape index (κ2) is 9.94. The molecule has 2 fully saturated rings. The monoisotopic (exact) mass is 504 g/mol. The molecule has 0 saturated carbocycles. The summed E-state index contributed by atoms with van der Waals surface area (Å²) in [6, 6.07) is 14.8. The highest BCUT2D eigenvalue weighted by Gasteiger charge is 2.35. The number of ether oxygens (including phenoxy) is 1. The highest BCUT2D eigenvalue weighted by molar-refractivity contribution is 8.18. The summed E-state index contributed by atoms with van der Waals surface area (Å²) in [6.07, 6.45) is 3.13. The van der Waals surface area contributed by atoms with Gasteiger partial charge in [0.25, 0.3) is 5.91 Å². The van der Waals surface area contributed by atoms with Gasteiger partial charge in [0.15, 0.2) is 5.17 Å². The smallest absolute Gasteiger partial charge is 0.266 e. The fourth-order valence-electron chi connectivity index (χ4n) is 5.67. The summed E-state index contributed by atoms with van der Waals surface area (Å²) >= 11 is 1.44. The summed E-state index contributed by atoms with van der Waals surface area (Å²) in [5, 5.41) is 0.704. The Morgan fingerprint density at radius 1 is 1.14 bits per heavy atom. The number of fused-ring (bicyclic) bond motifs is 1. The Bertz CT molecular complexity index is 1200. The van der Waals surface area contributed by atoms with Gasteiger partial charge in [-0.2, -0.15) is 0 Å². The second-order valence-corrected chi connectivity index (χ2v) is 11.5. The maximum atomic E-state index is 13.0. The van der Waals surface area contributed by atoms with Gasteiger partial charge in [0.1, 0.15) is 0 Å². The quantitative estimate of drug-likeness (QED) is 0.488. The largest absolute Gasteiger partial charge is 0.378 e.